The highest BCUT2D eigenvalue weighted by molar-refractivity contribution is 9.10. The van der Waals surface area contributed by atoms with Gasteiger partial charge >= 0.3 is 0 Å². The average molecular weight is 378 g/mol. The van der Waals surface area contributed by atoms with Crippen LogP contribution in [-0.2, 0) is 0 Å². The molecule has 0 atom stereocenters. The summed E-state index contributed by atoms with van der Waals surface area (Å²) in [7, 11) is 0. The maximum absolute atomic E-state index is 12.0. The summed E-state index contributed by atoms with van der Waals surface area (Å²) >= 11 is 3.33. The lowest BCUT2D eigenvalue weighted by atomic mass is 10.2. The van der Waals surface area contributed by atoms with E-state index in [0.29, 0.717) is 29.2 Å². The molecule has 23 heavy (non-hydrogen) atoms. The third-order valence-electron chi connectivity index (χ3n) is 2.94. The normalized spacial score (nSPS) is 10.7. The lowest BCUT2D eigenvalue weighted by Crippen LogP contribution is -2.19. The van der Waals surface area contributed by atoms with Crippen LogP contribution in [-0.4, -0.2) is 23.8 Å². The van der Waals surface area contributed by atoms with Crippen LogP contribution in [0.2, 0.25) is 0 Å². The molecule has 0 aromatic heterocycles. The van der Waals surface area contributed by atoms with E-state index in [4.69, 9.17) is 10.5 Å². The van der Waals surface area contributed by atoms with Crippen LogP contribution >= 0.6 is 15.9 Å². The first-order valence-electron chi connectivity index (χ1n) is 6.86. The number of benzene rings is 2. The monoisotopic (exact) mass is 377 g/mol. The molecule has 2 aromatic carbocycles. The maximum atomic E-state index is 12.0. The molecule has 2 aromatic rings. The molecule has 120 valence electrons. The number of amides is 1. The summed E-state index contributed by atoms with van der Waals surface area (Å²) < 4.78 is 6.05. The minimum Gasteiger partial charge on any atom is -0.504 e. The van der Waals surface area contributed by atoms with E-state index in [1.165, 1.54) is 6.21 Å². The second-order valence-corrected chi connectivity index (χ2v) is 5.48. The van der Waals surface area contributed by atoms with E-state index in [0.717, 1.165) is 4.47 Å². The smallest absolute Gasteiger partial charge is 0.273 e. The number of para-hydroxylation sites is 1. The van der Waals surface area contributed by atoms with Crippen LogP contribution in [0, 0.1) is 0 Å². The number of phenolic OH excluding ortho intramolecular Hbond substituents is 1. The van der Waals surface area contributed by atoms with Gasteiger partial charge in [0.25, 0.3) is 5.91 Å². The summed E-state index contributed by atoms with van der Waals surface area (Å²) in [5.74, 6) is -0.145. The van der Waals surface area contributed by atoms with E-state index in [1.54, 1.807) is 36.4 Å². The summed E-state index contributed by atoms with van der Waals surface area (Å²) in [6, 6.07) is 9.99. The van der Waals surface area contributed by atoms with Crippen molar-refractivity contribution in [3.05, 3.63) is 52.0 Å². The Bertz CT molecular complexity index is 747. The molecule has 0 saturated carbocycles. The number of anilines is 1. The standard InChI is InChI=1S/C16H16BrN3O3/c1-2-23-14-8-11(17)7-10(15(14)21)9-19-20-16(22)12-5-3-4-6-13(12)18/h3-9,21H,2,18H2,1H3,(H,20,22)/b19-9-. The van der Waals surface area contributed by atoms with Gasteiger partial charge in [-0.2, -0.15) is 5.10 Å². The molecule has 0 radical (unpaired) electrons. The molecule has 0 heterocycles. The van der Waals surface area contributed by atoms with E-state index < -0.39 is 5.91 Å². The molecule has 7 heteroatoms. The molecular formula is C16H16BrN3O3. The fraction of sp³-hybridized carbons (Fsp3) is 0.125. The van der Waals surface area contributed by atoms with Crippen LogP contribution in [0.4, 0.5) is 5.69 Å². The Balaban J connectivity index is 2.15. The Morgan fingerprint density at radius 1 is 1.43 bits per heavy atom. The molecule has 4 N–H and O–H groups in total. The Labute approximate surface area is 142 Å². The number of phenols is 1. The fourth-order valence-corrected chi connectivity index (χ4v) is 2.34. The molecule has 0 bridgehead atoms. The average Bonchev–Trinajstić information content (AvgIpc) is 2.52. The van der Waals surface area contributed by atoms with Crippen molar-refractivity contribution in [1.29, 1.82) is 0 Å². The largest absolute Gasteiger partial charge is 0.504 e. The maximum Gasteiger partial charge on any atom is 0.273 e. The summed E-state index contributed by atoms with van der Waals surface area (Å²) in [6.45, 7) is 2.24. The number of ether oxygens (including phenoxy) is 1. The number of aromatic hydroxyl groups is 1. The van der Waals surface area contributed by atoms with Gasteiger partial charge in [-0.15, -0.1) is 0 Å². The number of hydrogen-bond donors (Lipinski definition) is 3. The lowest BCUT2D eigenvalue weighted by molar-refractivity contribution is 0.0956. The predicted octanol–water partition coefficient (Wildman–Crippen LogP) is 2.90. The number of nitrogen functional groups attached to an aromatic ring is 1. The minimum atomic E-state index is -0.432. The van der Waals surface area contributed by atoms with Crippen LogP contribution in [0.3, 0.4) is 0 Å². The van der Waals surface area contributed by atoms with Crippen LogP contribution in [0.25, 0.3) is 0 Å². The molecule has 2 rings (SSSR count). The first-order valence-corrected chi connectivity index (χ1v) is 7.65. The van der Waals surface area contributed by atoms with Crippen molar-refractivity contribution in [2.45, 2.75) is 6.92 Å². The summed E-state index contributed by atoms with van der Waals surface area (Å²) in [6.07, 6.45) is 1.33. The van der Waals surface area contributed by atoms with Gasteiger partial charge in [-0.3, -0.25) is 4.79 Å². The second kappa shape index (κ2) is 7.64. The molecule has 0 aliphatic carbocycles. The Hall–Kier alpha value is -2.54. The van der Waals surface area contributed by atoms with Crippen molar-refractivity contribution in [2.24, 2.45) is 5.10 Å². The van der Waals surface area contributed by atoms with Gasteiger partial charge in [0.2, 0.25) is 0 Å². The van der Waals surface area contributed by atoms with Crippen molar-refractivity contribution in [1.82, 2.24) is 5.43 Å². The predicted molar refractivity (Wildman–Crippen MR) is 92.9 cm³/mol. The van der Waals surface area contributed by atoms with Gasteiger partial charge in [0.1, 0.15) is 0 Å². The van der Waals surface area contributed by atoms with Crippen LogP contribution in [0.1, 0.15) is 22.8 Å². The molecule has 0 spiro atoms. The van der Waals surface area contributed by atoms with E-state index in [1.807, 2.05) is 6.92 Å². The van der Waals surface area contributed by atoms with Crippen LogP contribution in [0.15, 0.2) is 46.0 Å². The highest BCUT2D eigenvalue weighted by atomic mass is 79.9. The Morgan fingerprint density at radius 3 is 2.87 bits per heavy atom. The van der Waals surface area contributed by atoms with Gasteiger partial charge in [-0.05, 0) is 31.2 Å². The number of hydrogen-bond acceptors (Lipinski definition) is 5. The Kier molecular flexibility index (Phi) is 5.59. The SMILES string of the molecule is CCOc1cc(Br)cc(/C=N\NC(=O)c2ccccc2N)c1O. The third kappa shape index (κ3) is 4.23. The van der Waals surface area contributed by atoms with Crippen LogP contribution < -0.4 is 15.9 Å². The molecule has 1 amide bonds. The summed E-state index contributed by atoms with van der Waals surface area (Å²) in [5, 5.41) is 13.9. The summed E-state index contributed by atoms with van der Waals surface area (Å²) in [4.78, 5) is 12.0. The number of hydrazone groups is 1. The van der Waals surface area contributed by atoms with Crippen molar-refractivity contribution >= 4 is 33.7 Å². The molecule has 0 fully saturated rings. The zero-order chi connectivity index (χ0) is 16.8. The number of carbonyl (C=O) groups is 1. The highest BCUT2D eigenvalue weighted by Crippen LogP contribution is 2.32. The van der Waals surface area contributed by atoms with Gasteiger partial charge in [0.05, 0.1) is 18.4 Å². The van der Waals surface area contributed by atoms with Gasteiger partial charge in [-0.1, -0.05) is 28.1 Å². The van der Waals surface area contributed by atoms with Crippen LogP contribution in [0.5, 0.6) is 11.5 Å². The topological polar surface area (TPSA) is 96.9 Å². The number of carbonyl (C=O) groups excluding carboxylic acids is 1. The van der Waals surface area contributed by atoms with Gasteiger partial charge < -0.3 is 15.6 Å². The zero-order valence-electron chi connectivity index (χ0n) is 12.4. The Morgan fingerprint density at radius 2 is 2.17 bits per heavy atom. The van der Waals surface area contributed by atoms with E-state index in [-0.39, 0.29) is 5.75 Å². The molecule has 0 saturated heterocycles. The second-order valence-electron chi connectivity index (χ2n) is 4.56. The van der Waals surface area contributed by atoms with E-state index >= 15 is 0 Å². The number of nitrogens with one attached hydrogen (secondary N) is 1. The quantitative estimate of drug-likeness (QED) is 0.423. The van der Waals surface area contributed by atoms with E-state index in [9.17, 15) is 9.90 Å². The molecule has 0 aliphatic heterocycles. The molecule has 0 aliphatic rings. The van der Waals surface area contributed by atoms with Crippen molar-refractivity contribution in [2.75, 3.05) is 12.3 Å². The van der Waals surface area contributed by atoms with Gasteiger partial charge in [0, 0.05) is 15.7 Å². The van der Waals surface area contributed by atoms with E-state index in [2.05, 4.69) is 26.5 Å². The minimum absolute atomic E-state index is 0.0488. The lowest BCUT2D eigenvalue weighted by Gasteiger charge is -2.08. The number of nitrogens with zero attached hydrogens (tertiary/aromatic N) is 1. The van der Waals surface area contributed by atoms with Gasteiger partial charge in [0.15, 0.2) is 11.5 Å². The van der Waals surface area contributed by atoms with Crippen molar-refractivity contribution in [3.63, 3.8) is 0 Å². The number of halogens is 1. The molecular weight excluding hydrogens is 362 g/mol. The number of nitrogens with two attached hydrogens (primary N) is 1. The number of rotatable bonds is 5. The molecule has 0 unspecified atom stereocenters. The van der Waals surface area contributed by atoms with Crippen molar-refractivity contribution in [3.8, 4) is 11.5 Å². The summed E-state index contributed by atoms with van der Waals surface area (Å²) in [5.41, 5.74) is 9.20. The third-order valence-corrected chi connectivity index (χ3v) is 3.40. The molecule has 6 nitrogen and oxygen atoms in total. The zero-order valence-corrected chi connectivity index (χ0v) is 14.0. The van der Waals surface area contributed by atoms with Gasteiger partial charge in [-0.25, -0.2) is 5.43 Å². The fourth-order valence-electron chi connectivity index (χ4n) is 1.88. The first-order chi connectivity index (χ1) is 11.0. The first kappa shape index (κ1) is 16.8. The van der Waals surface area contributed by atoms with Crippen molar-refractivity contribution < 1.29 is 14.6 Å². The highest BCUT2D eigenvalue weighted by Gasteiger charge is 2.10.